The van der Waals surface area contributed by atoms with Crippen LogP contribution in [0.3, 0.4) is 0 Å². The average Bonchev–Trinajstić information content (AvgIpc) is 2.41. The predicted octanol–water partition coefficient (Wildman–Crippen LogP) is 3.97. The molecule has 0 saturated heterocycles. The minimum absolute atomic E-state index is 0.0502. The van der Waals surface area contributed by atoms with Crippen molar-refractivity contribution >= 4 is 24.6 Å². The molecule has 1 aromatic carbocycles. The molecule has 124 valence electrons. The summed E-state index contributed by atoms with van der Waals surface area (Å²) in [6, 6.07) is 7.50. The van der Waals surface area contributed by atoms with Crippen molar-refractivity contribution in [2.75, 3.05) is 17.9 Å². The van der Waals surface area contributed by atoms with Gasteiger partial charge in [0.2, 0.25) is 0 Å². The molecule has 0 aromatic heterocycles. The Labute approximate surface area is 138 Å². The van der Waals surface area contributed by atoms with Crippen LogP contribution in [0, 0.1) is 0 Å². The van der Waals surface area contributed by atoms with Gasteiger partial charge < -0.3 is 19.1 Å². The van der Waals surface area contributed by atoms with E-state index in [0.29, 0.717) is 13.2 Å². The summed E-state index contributed by atoms with van der Waals surface area (Å²) in [7, 11) is 0. The van der Waals surface area contributed by atoms with E-state index in [1.165, 1.54) is 0 Å². The van der Waals surface area contributed by atoms with E-state index in [1.807, 2.05) is 58.9 Å². The van der Waals surface area contributed by atoms with Crippen LogP contribution in [0.25, 0.3) is 0 Å². The van der Waals surface area contributed by atoms with Crippen LogP contribution in [0.4, 0.5) is 10.5 Å². The number of nitrogens with one attached hydrogen (secondary N) is 1. The second-order valence-electron chi connectivity index (χ2n) is 6.25. The fourth-order valence-corrected chi connectivity index (χ4v) is 1.92. The molecular weight excluding hydrogens is 300 g/mol. The lowest BCUT2D eigenvalue weighted by Gasteiger charge is -2.30. The standard InChI is InChI=1S/C16H26N2O3S/c1-12(2)18(15(19)21-16(3,4)5)10-11-20-14-8-6-13(17-22)7-9-14/h6-9,12,17,22H,10-11H2,1-5H3. The molecule has 1 amide bonds. The van der Waals surface area contributed by atoms with Crippen molar-refractivity contribution in [1.29, 1.82) is 0 Å². The van der Waals surface area contributed by atoms with Crippen molar-refractivity contribution in [2.24, 2.45) is 0 Å². The Balaban J connectivity index is 2.52. The highest BCUT2D eigenvalue weighted by atomic mass is 32.1. The van der Waals surface area contributed by atoms with Gasteiger partial charge in [-0.3, -0.25) is 0 Å². The molecule has 0 heterocycles. The van der Waals surface area contributed by atoms with Gasteiger partial charge in [-0.1, -0.05) is 12.8 Å². The van der Waals surface area contributed by atoms with Crippen LogP contribution >= 0.6 is 12.8 Å². The molecule has 1 rings (SSSR count). The summed E-state index contributed by atoms with van der Waals surface area (Å²) in [6.45, 7) is 10.4. The zero-order valence-electron chi connectivity index (χ0n) is 13.9. The van der Waals surface area contributed by atoms with Gasteiger partial charge in [-0.25, -0.2) is 4.79 Å². The van der Waals surface area contributed by atoms with Crippen molar-refractivity contribution in [1.82, 2.24) is 4.90 Å². The fraction of sp³-hybridized carbons (Fsp3) is 0.562. The van der Waals surface area contributed by atoms with Gasteiger partial charge in [-0.15, -0.1) is 0 Å². The zero-order valence-corrected chi connectivity index (χ0v) is 14.8. The van der Waals surface area contributed by atoms with E-state index in [-0.39, 0.29) is 12.1 Å². The Kier molecular flexibility index (Phi) is 6.87. The topological polar surface area (TPSA) is 50.8 Å². The van der Waals surface area contributed by atoms with Crippen molar-refractivity contribution in [3.63, 3.8) is 0 Å². The van der Waals surface area contributed by atoms with E-state index >= 15 is 0 Å². The third-order valence-corrected chi connectivity index (χ3v) is 3.09. The Morgan fingerprint density at radius 2 is 1.86 bits per heavy atom. The summed E-state index contributed by atoms with van der Waals surface area (Å²) in [5.74, 6) is 0.750. The van der Waals surface area contributed by atoms with Gasteiger partial charge in [0.15, 0.2) is 0 Å². The van der Waals surface area contributed by atoms with Crippen LogP contribution in [0.1, 0.15) is 34.6 Å². The van der Waals surface area contributed by atoms with E-state index in [0.717, 1.165) is 11.4 Å². The minimum atomic E-state index is -0.499. The number of carbonyl (C=O) groups is 1. The molecule has 0 aliphatic heterocycles. The number of hydrogen-bond acceptors (Lipinski definition) is 5. The SMILES string of the molecule is CC(C)N(CCOc1ccc(NS)cc1)C(=O)OC(C)(C)C. The maximum atomic E-state index is 12.2. The summed E-state index contributed by atoms with van der Waals surface area (Å²) >= 11 is 3.97. The lowest BCUT2D eigenvalue weighted by molar-refractivity contribution is 0.0164. The normalized spacial score (nSPS) is 11.2. The number of amides is 1. The van der Waals surface area contributed by atoms with Crippen molar-refractivity contribution in [2.45, 2.75) is 46.3 Å². The van der Waals surface area contributed by atoms with Crippen molar-refractivity contribution < 1.29 is 14.3 Å². The first-order valence-electron chi connectivity index (χ1n) is 7.35. The summed E-state index contributed by atoms with van der Waals surface area (Å²) in [6.07, 6.45) is -0.319. The molecule has 6 heteroatoms. The molecule has 0 unspecified atom stereocenters. The van der Waals surface area contributed by atoms with E-state index in [2.05, 4.69) is 17.5 Å². The predicted molar refractivity (Wildman–Crippen MR) is 92.6 cm³/mol. The highest BCUT2D eigenvalue weighted by Crippen LogP contribution is 2.16. The number of thiol groups is 1. The molecule has 0 radical (unpaired) electrons. The lowest BCUT2D eigenvalue weighted by Crippen LogP contribution is -2.43. The Hall–Kier alpha value is -1.56. The smallest absolute Gasteiger partial charge is 0.410 e. The highest BCUT2D eigenvalue weighted by molar-refractivity contribution is 7.81. The minimum Gasteiger partial charge on any atom is -0.492 e. The molecule has 0 saturated carbocycles. The van der Waals surface area contributed by atoms with Crippen LogP contribution in [0.15, 0.2) is 24.3 Å². The Morgan fingerprint density at radius 3 is 2.32 bits per heavy atom. The second kappa shape index (κ2) is 8.17. The quantitative estimate of drug-likeness (QED) is 0.777. The average molecular weight is 326 g/mol. The zero-order chi connectivity index (χ0) is 16.8. The largest absolute Gasteiger partial charge is 0.492 e. The van der Waals surface area contributed by atoms with Crippen LogP contribution in [0.5, 0.6) is 5.75 Å². The molecule has 0 aliphatic rings. The van der Waals surface area contributed by atoms with Gasteiger partial charge in [0.25, 0.3) is 0 Å². The highest BCUT2D eigenvalue weighted by Gasteiger charge is 2.23. The summed E-state index contributed by atoms with van der Waals surface area (Å²) < 4.78 is 13.8. The molecule has 0 fully saturated rings. The van der Waals surface area contributed by atoms with E-state index in [4.69, 9.17) is 9.47 Å². The van der Waals surface area contributed by atoms with Gasteiger partial charge in [-0.05, 0) is 58.9 Å². The summed E-state index contributed by atoms with van der Waals surface area (Å²) in [5, 5.41) is 0. The van der Waals surface area contributed by atoms with Crippen molar-refractivity contribution in [3.05, 3.63) is 24.3 Å². The second-order valence-corrected chi connectivity index (χ2v) is 6.48. The van der Waals surface area contributed by atoms with Crippen LogP contribution in [0.2, 0.25) is 0 Å². The maximum absolute atomic E-state index is 12.2. The number of rotatable bonds is 6. The van der Waals surface area contributed by atoms with Gasteiger partial charge in [0.05, 0.1) is 6.54 Å². The molecule has 0 atom stereocenters. The van der Waals surface area contributed by atoms with Crippen LogP contribution in [-0.4, -0.2) is 35.8 Å². The first-order valence-corrected chi connectivity index (χ1v) is 7.80. The molecule has 0 aliphatic carbocycles. The fourth-order valence-electron chi connectivity index (χ4n) is 1.77. The molecule has 0 spiro atoms. The lowest BCUT2D eigenvalue weighted by atomic mass is 10.2. The van der Waals surface area contributed by atoms with E-state index < -0.39 is 5.60 Å². The van der Waals surface area contributed by atoms with Crippen molar-refractivity contribution in [3.8, 4) is 5.75 Å². The van der Waals surface area contributed by atoms with Gasteiger partial charge in [0, 0.05) is 11.7 Å². The number of benzene rings is 1. The van der Waals surface area contributed by atoms with Gasteiger partial charge in [0.1, 0.15) is 18.0 Å². The number of ether oxygens (including phenoxy) is 2. The first kappa shape index (κ1) is 18.5. The summed E-state index contributed by atoms with van der Waals surface area (Å²) in [5.41, 5.74) is 0.397. The molecule has 22 heavy (non-hydrogen) atoms. The Bertz CT molecular complexity index is 469. The number of anilines is 1. The monoisotopic (exact) mass is 326 g/mol. The maximum Gasteiger partial charge on any atom is 0.410 e. The summed E-state index contributed by atoms with van der Waals surface area (Å²) in [4.78, 5) is 13.8. The third-order valence-electron chi connectivity index (χ3n) is 2.84. The van der Waals surface area contributed by atoms with Gasteiger partial charge in [-0.2, -0.15) is 0 Å². The first-order chi connectivity index (χ1) is 10.2. The van der Waals surface area contributed by atoms with E-state index in [1.54, 1.807) is 4.90 Å². The molecule has 5 nitrogen and oxygen atoms in total. The van der Waals surface area contributed by atoms with Crippen LogP contribution < -0.4 is 9.46 Å². The van der Waals surface area contributed by atoms with E-state index in [9.17, 15) is 4.79 Å². The Morgan fingerprint density at radius 1 is 1.27 bits per heavy atom. The van der Waals surface area contributed by atoms with Crippen LogP contribution in [-0.2, 0) is 4.74 Å². The van der Waals surface area contributed by atoms with Gasteiger partial charge >= 0.3 is 6.09 Å². The molecule has 0 bridgehead atoms. The number of hydrogen-bond donors (Lipinski definition) is 2. The molecular formula is C16H26N2O3S. The third kappa shape index (κ3) is 6.47. The molecule has 1 N–H and O–H groups in total. The molecule has 1 aromatic rings. The number of carbonyl (C=O) groups excluding carboxylic acids is 1. The number of nitrogens with zero attached hydrogens (tertiary/aromatic N) is 1.